The largest absolute Gasteiger partial charge is 0.477 e. The standard InChI is InChI=1S/C14H13ClN6O5S2/c1-20-10(17-18-19-20)7-4-28-13-14(5-27,16-8(23)2-6(22)3-15)12(26)21(13)9(7)11(24)25/h5,13H,2-4H2,1H3,(H,16,23)(H,24,25)/t13-,14?/m0/s1. The first kappa shape index (κ1) is 20.4. The maximum Gasteiger partial charge on any atom is 0.353 e. The van der Waals surface area contributed by atoms with Crippen molar-refractivity contribution in [1.29, 1.82) is 0 Å². The van der Waals surface area contributed by atoms with Crippen LogP contribution in [0.3, 0.4) is 0 Å². The van der Waals surface area contributed by atoms with E-state index >= 15 is 0 Å². The summed E-state index contributed by atoms with van der Waals surface area (Å²) in [6.07, 6.45) is -0.503. The van der Waals surface area contributed by atoms with Crippen LogP contribution in [-0.2, 0) is 26.2 Å². The van der Waals surface area contributed by atoms with E-state index in [-0.39, 0.29) is 28.7 Å². The number of thioether (sulfide) groups is 1. The molecule has 1 fully saturated rings. The lowest BCUT2D eigenvalue weighted by molar-refractivity contribution is -0.153. The SMILES string of the molecule is Cn1nnnc1C1=C(C(=O)O)N2C(=O)C(C=S)(NC(=O)CC(=O)CCl)[C@@H]2SC1. The third kappa shape index (κ3) is 3.08. The average Bonchev–Trinajstić information content (AvgIpc) is 3.09. The fourth-order valence-electron chi connectivity index (χ4n) is 2.99. The lowest BCUT2D eigenvalue weighted by atomic mass is 9.87. The highest BCUT2D eigenvalue weighted by Crippen LogP contribution is 2.47. The molecule has 2 atom stereocenters. The zero-order chi connectivity index (χ0) is 20.6. The van der Waals surface area contributed by atoms with Crippen molar-refractivity contribution in [1.82, 2.24) is 30.4 Å². The summed E-state index contributed by atoms with van der Waals surface area (Å²) in [7, 11) is 1.55. The van der Waals surface area contributed by atoms with Crippen LogP contribution in [0.25, 0.3) is 5.57 Å². The van der Waals surface area contributed by atoms with Crippen molar-refractivity contribution in [3.63, 3.8) is 0 Å². The topological polar surface area (TPSA) is 147 Å². The Labute approximate surface area is 172 Å². The van der Waals surface area contributed by atoms with Gasteiger partial charge in [0.05, 0.1) is 12.3 Å². The van der Waals surface area contributed by atoms with Gasteiger partial charge in [-0.2, -0.15) is 0 Å². The van der Waals surface area contributed by atoms with E-state index in [1.165, 1.54) is 16.4 Å². The highest BCUT2D eigenvalue weighted by atomic mass is 35.5. The molecule has 0 bridgehead atoms. The molecule has 2 aliphatic heterocycles. The number of hydrogen-bond donors (Lipinski definition) is 2. The number of tetrazole rings is 1. The molecular formula is C14H13ClN6O5S2. The highest BCUT2D eigenvalue weighted by molar-refractivity contribution is 8.00. The van der Waals surface area contributed by atoms with Crippen LogP contribution in [0.2, 0.25) is 0 Å². The molecule has 1 saturated heterocycles. The van der Waals surface area contributed by atoms with Crippen molar-refractivity contribution >= 4 is 70.1 Å². The van der Waals surface area contributed by atoms with Gasteiger partial charge in [-0.05, 0) is 10.4 Å². The molecule has 28 heavy (non-hydrogen) atoms. The summed E-state index contributed by atoms with van der Waals surface area (Å²) in [5.41, 5.74) is -1.59. The van der Waals surface area contributed by atoms with E-state index in [0.717, 1.165) is 10.3 Å². The van der Waals surface area contributed by atoms with Gasteiger partial charge in [-0.25, -0.2) is 9.48 Å². The molecule has 0 saturated carbocycles. The Balaban J connectivity index is 1.95. The number of β-lactam (4-membered cyclic amide) rings is 1. The molecule has 14 heteroatoms. The van der Waals surface area contributed by atoms with Crippen molar-refractivity contribution in [2.75, 3.05) is 11.6 Å². The summed E-state index contributed by atoms with van der Waals surface area (Å²) in [5, 5.41) is 23.4. The van der Waals surface area contributed by atoms with Crippen LogP contribution in [0.4, 0.5) is 0 Å². The van der Waals surface area contributed by atoms with Gasteiger partial charge in [0.2, 0.25) is 5.91 Å². The number of aryl methyl sites for hydroxylation is 1. The molecule has 3 rings (SSSR count). The first-order valence-electron chi connectivity index (χ1n) is 7.76. The lowest BCUT2D eigenvalue weighted by Gasteiger charge is -2.55. The van der Waals surface area contributed by atoms with E-state index < -0.39 is 40.9 Å². The van der Waals surface area contributed by atoms with E-state index in [1.54, 1.807) is 7.05 Å². The number of ketones is 1. The van der Waals surface area contributed by atoms with Crippen LogP contribution in [-0.4, -0.2) is 81.7 Å². The van der Waals surface area contributed by atoms with Crippen LogP contribution < -0.4 is 5.32 Å². The number of thiocarbonyl (C=S) groups is 1. The molecule has 0 spiro atoms. The van der Waals surface area contributed by atoms with E-state index in [2.05, 4.69) is 20.8 Å². The third-order valence-electron chi connectivity index (χ3n) is 4.24. The second kappa shape index (κ2) is 7.56. The minimum absolute atomic E-state index is 0.172. The van der Waals surface area contributed by atoms with Crippen molar-refractivity contribution in [3.8, 4) is 0 Å². The van der Waals surface area contributed by atoms with Crippen LogP contribution in [0, 0.1) is 0 Å². The summed E-state index contributed by atoms with van der Waals surface area (Å²) in [4.78, 5) is 49.3. The summed E-state index contributed by atoms with van der Waals surface area (Å²) < 4.78 is 1.30. The van der Waals surface area contributed by atoms with Gasteiger partial charge in [-0.1, -0.05) is 12.2 Å². The van der Waals surface area contributed by atoms with Gasteiger partial charge in [0, 0.05) is 23.7 Å². The Kier molecular flexibility index (Phi) is 5.50. The minimum atomic E-state index is -1.59. The molecule has 3 heterocycles. The number of rotatable bonds is 7. The molecule has 0 aliphatic carbocycles. The first-order chi connectivity index (χ1) is 13.3. The number of carboxylic acid groups (broad SMARTS) is 1. The van der Waals surface area contributed by atoms with Crippen molar-refractivity contribution in [2.45, 2.75) is 17.3 Å². The molecule has 148 valence electrons. The fourth-order valence-corrected chi connectivity index (χ4v) is 4.89. The Morgan fingerprint density at radius 1 is 1.50 bits per heavy atom. The smallest absolute Gasteiger partial charge is 0.353 e. The van der Waals surface area contributed by atoms with Gasteiger partial charge in [0.1, 0.15) is 11.1 Å². The van der Waals surface area contributed by atoms with E-state index in [0.29, 0.717) is 0 Å². The second-order valence-corrected chi connectivity index (χ2v) is 7.55. The third-order valence-corrected chi connectivity index (χ3v) is 6.26. The zero-order valence-corrected chi connectivity index (χ0v) is 16.7. The number of nitrogens with zero attached hydrogens (tertiary/aromatic N) is 5. The van der Waals surface area contributed by atoms with Gasteiger partial charge in [0.15, 0.2) is 17.1 Å². The number of alkyl halides is 1. The molecule has 2 amide bonds. The number of aliphatic carboxylic acids is 1. The van der Waals surface area contributed by atoms with E-state index in [9.17, 15) is 24.3 Å². The summed E-state index contributed by atoms with van der Waals surface area (Å²) in [6.45, 7) is 0. The van der Waals surface area contributed by atoms with Crippen molar-refractivity contribution < 1.29 is 24.3 Å². The summed E-state index contributed by atoms with van der Waals surface area (Å²) in [5.74, 6) is -3.23. The normalized spacial score (nSPS) is 23.7. The van der Waals surface area contributed by atoms with E-state index in [4.69, 9.17) is 23.8 Å². The minimum Gasteiger partial charge on any atom is -0.477 e. The highest BCUT2D eigenvalue weighted by Gasteiger charge is 2.64. The number of fused-ring (bicyclic) bond motifs is 1. The Morgan fingerprint density at radius 3 is 2.75 bits per heavy atom. The monoisotopic (exact) mass is 444 g/mol. The maximum atomic E-state index is 12.9. The molecule has 1 unspecified atom stereocenters. The van der Waals surface area contributed by atoms with Crippen LogP contribution in [0.15, 0.2) is 5.70 Å². The van der Waals surface area contributed by atoms with E-state index in [1.807, 2.05) is 0 Å². The van der Waals surface area contributed by atoms with Crippen LogP contribution in [0.5, 0.6) is 0 Å². The number of hydrogen-bond acceptors (Lipinski definition) is 9. The fraction of sp³-hybridized carbons (Fsp3) is 0.429. The number of carbonyl (C=O) groups is 4. The number of Topliss-reactive ketones (excluding diaryl/α,β-unsaturated/α-hetero) is 1. The van der Waals surface area contributed by atoms with Gasteiger partial charge in [-0.3, -0.25) is 19.3 Å². The number of halogens is 1. The number of nitrogens with one attached hydrogen (secondary N) is 1. The zero-order valence-electron chi connectivity index (χ0n) is 14.3. The van der Waals surface area contributed by atoms with Gasteiger partial charge in [-0.15, -0.1) is 28.5 Å². The van der Waals surface area contributed by atoms with Crippen LogP contribution in [0.1, 0.15) is 12.2 Å². The van der Waals surface area contributed by atoms with Crippen molar-refractivity contribution in [2.24, 2.45) is 7.05 Å². The molecule has 0 radical (unpaired) electrons. The molecule has 1 aromatic heterocycles. The predicted molar refractivity (Wildman–Crippen MR) is 101 cm³/mol. The molecule has 2 N–H and O–H groups in total. The Morgan fingerprint density at radius 2 is 2.21 bits per heavy atom. The number of aromatic nitrogens is 4. The quantitative estimate of drug-likeness (QED) is 0.231. The Bertz CT molecular complexity index is 933. The number of carbonyl (C=O) groups excluding carboxylic acids is 3. The average molecular weight is 445 g/mol. The predicted octanol–water partition coefficient (Wildman–Crippen LogP) is -1.03. The molecule has 1 aromatic rings. The summed E-state index contributed by atoms with van der Waals surface area (Å²) in [6, 6.07) is 0. The molecular weight excluding hydrogens is 432 g/mol. The van der Waals surface area contributed by atoms with Gasteiger partial charge >= 0.3 is 5.97 Å². The number of carboxylic acids is 1. The molecule has 11 nitrogen and oxygen atoms in total. The van der Waals surface area contributed by atoms with Gasteiger partial charge < -0.3 is 10.4 Å². The lowest BCUT2D eigenvalue weighted by Crippen LogP contribution is -2.80. The van der Waals surface area contributed by atoms with Crippen molar-refractivity contribution in [3.05, 3.63) is 11.5 Å². The van der Waals surface area contributed by atoms with Crippen LogP contribution >= 0.6 is 35.6 Å². The van der Waals surface area contributed by atoms with Gasteiger partial charge in [0.25, 0.3) is 5.91 Å². The number of amides is 2. The Hall–Kier alpha value is -2.38. The summed E-state index contributed by atoms with van der Waals surface area (Å²) >= 11 is 11.6. The molecule has 2 aliphatic rings. The first-order valence-corrected chi connectivity index (χ1v) is 9.81. The molecule has 0 aromatic carbocycles. The maximum absolute atomic E-state index is 12.9. The second-order valence-electron chi connectivity index (χ2n) is 5.98.